The Bertz CT molecular complexity index is 476. The molecule has 0 saturated carbocycles. The van der Waals surface area contributed by atoms with Gasteiger partial charge in [0, 0.05) is 11.5 Å². The Morgan fingerprint density at radius 3 is 2.38 bits per heavy atom. The molecule has 4 nitrogen and oxygen atoms in total. The summed E-state index contributed by atoms with van der Waals surface area (Å²) in [4.78, 5) is 0. The van der Waals surface area contributed by atoms with Gasteiger partial charge in [-0.25, -0.2) is 4.68 Å². The third-order valence-corrected chi connectivity index (χ3v) is 3.36. The Hall–Kier alpha value is -0.720. The highest BCUT2D eigenvalue weighted by Crippen LogP contribution is 2.27. The van der Waals surface area contributed by atoms with Crippen LogP contribution in [0.15, 0.2) is 33.3 Å². The van der Waals surface area contributed by atoms with Crippen LogP contribution in [0.4, 0.5) is 0 Å². The zero-order valence-corrected chi connectivity index (χ0v) is 11.6. The number of hydrogen-bond donors (Lipinski definition) is 1. The van der Waals surface area contributed by atoms with E-state index < -0.39 is 6.10 Å². The van der Waals surface area contributed by atoms with E-state index in [1.807, 2.05) is 24.3 Å². The van der Waals surface area contributed by atoms with E-state index in [1.165, 1.54) is 0 Å². The van der Waals surface area contributed by atoms with Crippen LogP contribution in [0, 0.1) is 0 Å². The molecule has 0 fully saturated rings. The number of aryl methyl sites for hydroxylation is 1. The fourth-order valence-corrected chi connectivity index (χ4v) is 2.24. The second-order valence-electron chi connectivity index (χ2n) is 3.34. The summed E-state index contributed by atoms with van der Waals surface area (Å²) in [5, 5.41) is 17.9. The topological polar surface area (TPSA) is 50.9 Å². The van der Waals surface area contributed by atoms with Gasteiger partial charge in [0.1, 0.15) is 11.8 Å². The van der Waals surface area contributed by atoms with Gasteiger partial charge in [0.2, 0.25) is 0 Å². The summed E-state index contributed by atoms with van der Waals surface area (Å²) in [5.74, 6) is 0. The van der Waals surface area contributed by atoms with E-state index in [0.717, 1.165) is 10.0 Å². The van der Waals surface area contributed by atoms with Crippen LogP contribution in [0.25, 0.3) is 0 Å². The largest absolute Gasteiger partial charge is 0.382 e. The van der Waals surface area contributed by atoms with E-state index in [2.05, 4.69) is 42.2 Å². The minimum Gasteiger partial charge on any atom is -0.382 e. The fourth-order valence-electron chi connectivity index (χ4n) is 1.43. The second-order valence-corrected chi connectivity index (χ2v) is 5.01. The molecular weight excluding hydrogens is 338 g/mol. The Labute approximate surface area is 110 Å². The molecule has 0 bridgehead atoms. The molecule has 1 aromatic heterocycles. The molecule has 6 heteroatoms. The molecule has 16 heavy (non-hydrogen) atoms. The van der Waals surface area contributed by atoms with Crippen molar-refractivity contribution in [1.29, 1.82) is 0 Å². The van der Waals surface area contributed by atoms with Gasteiger partial charge in [0.25, 0.3) is 0 Å². The lowest BCUT2D eigenvalue weighted by Crippen LogP contribution is -2.07. The highest BCUT2D eigenvalue weighted by molar-refractivity contribution is 9.10. The lowest BCUT2D eigenvalue weighted by Gasteiger charge is -2.11. The van der Waals surface area contributed by atoms with Crippen LogP contribution in [0.5, 0.6) is 0 Å². The molecule has 0 aliphatic carbocycles. The highest BCUT2D eigenvalue weighted by atomic mass is 79.9. The van der Waals surface area contributed by atoms with Crippen LogP contribution in [0.1, 0.15) is 17.4 Å². The van der Waals surface area contributed by atoms with Crippen molar-refractivity contribution < 1.29 is 5.11 Å². The van der Waals surface area contributed by atoms with E-state index in [0.29, 0.717) is 10.3 Å². The predicted octanol–water partition coefficient (Wildman–Crippen LogP) is 2.42. The lowest BCUT2D eigenvalue weighted by atomic mass is 10.1. The van der Waals surface area contributed by atoms with Crippen LogP contribution in [-0.4, -0.2) is 20.1 Å². The number of hydrogen-bond acceptors (Lipinski definition) is 3. The van der Waals surface area contributed by atoms with Gasteiger partial charge in [-0.15, -0.1) is 5.10 Å². The zero-order valence-electron chi connectivity index (χ0n) is 8.43. The average Bonchev–Trinajstić information content (AvgIpc) is 2.59. The molecule has 0 aliphatic rings. The molecular formula is C10H9Br2N3O. The minimum atomic E-state index is -0.734. The number of nitrogens with zero attached hydrogens (tertiary/aromatic N) is 3. The van der Waals surface area contributed by atoms with Crippen molar-refractivity contribution in [3.63, 3.8) is 0 Å². The van der Waals surface area contributed by atoms with E-state index in [4.69, 9.17) is 0 Å². The monoisotopic (exact) mass is 345 g/mol. The molecule has 1 atom stereocenters. The Morgan fingerprint density at radius 1 is 1.25 bits per heavy atom. The molecule has 0 saturated heterocycles. The summed E-state index contributed by atoms with van der Waals surface area (Å²) in [6.07, 6.45) is -0.734. The first kappa shape index (κ1) is 11.8. The Morgan fingerprint density at radius 2 is 1.88 bits per heavy atom. The molecule has 2 aromatic rings. The number of benzene rings is 1. The Balaban J connectivity index is 2.39. The third-order valence-electron chi connectivity index (χ3n) is 2.27. The molecule has 0 radical (unpaired) electrons. The Kier molecular flexibility index (Phi) is 3.41. The standard InChI is InChI=1S/C10H9Br2N3O/c1-15-8(10(12)13-14-15)9(16)6-2-4-7(11)5-3-6/h2-5,9,16H,1H3. The van der Waals surface area contributed by atoms with Crippen molar-refractivity contribution in [1.82, 2.24) is 15.0 Å². The first-order valence-corrected chi connectivity index (χ1v) is 6.17. The number of rotatable bonds is 2. The fraction of sp³-hybridized carbons (Fsp3) is 0.200. The van der Waals surface area contributed by atoms with Crippen molar-refractivity contribution in [2.45, 2.75) is 6.10 Å². The highest BCUT2D eigenvalue weighted by Gasteiger charge is 2.19. The number of aromatic nitrogens is 3. The van der Waals surface area contributed by atoms with E-state index in [1.54, 1.807) is 11.7 Å². The van der Waals surface area contributed by atoms with E-state index in [9.17, 15) is 5.11 Å². The van der Waals surface area contributed by atoms with Crippen molar-refractivity contribution in [3.05, 3.63) is 44.6 Å². The van der Waals surface area contributed by atoms with Gasteiger partial charge in [-0.2, -0.15) is 0 Å². The molecule has 0 aliphatic heterocycles. The van der Waals surface area contributed by atoms with Crippen molar-refractivity contribution in [2.75, 3.05) is 0 Å². The molecule has 2 rings (SSSR count). The lowest BCUT2D eigenvalue weighted by molar-refractivity contribution is 0.209. The second kappa shape index (κ2) is 4.65. The molecule has 1 N–H and O–H groups in total. The zero-order chi connectivity index (χ0) is 11.7. The van der Waals surface area contributed by atoms with Gasteiger partial charge in [-0.3, -0.25) is 0 Å². The maximum atomic E-state index is 10.2. The van der Waals surface area contributed by atoms with Crippen molar-refractivity contribution >= 4 is 31.9 Å². The summed E-state index contributed by atoms with van der Waals surface area (Å²) in [7, 11) is 1.75. The maximum absolute atomic E-state index is 10.2. The maximum Gasteiger partial charge on any atom is 0.154 e. The van der Waals surface area contributed by atoms with Crippen LogP contribution in [-0.2, 0) is 7.05 Å². The minimum absolute atomic E-state index is 0.561. The number of aliphatic hydroxyl groups is 1. The summed E-state index contributed by atoms with van der Waals surface area (Å²) in [5.41, 5.74) is 1.44. The number of halogens is 2. The normalized spacial score (nSPS) is 12.8. The third kappa shape index (κ3) is 2.18. The van der Waals surface area contributed by atoms with Gasteiger partial charge in [-0.05, 0) is 33.6 Å². The number of aliphatic hydroxyl groups excluding tert-OH is 1. The average molecular weight is 347 g/mol. The van der Waals surface area contributed by atoms with Crippen molar-refractivity contribution in [2.24, 2.45) is 7.05 Å². The van der Waals surface area contributed by atoms with Gasteiger partial charge in [-0.1, -0.05) is 33.3 Å². The van der Waals surface area contributed by atoms with Gasteiger partial charge in [0.05, 0.1) is 0 Å². The van der Waals surface area contributed by atoms with E-state index in [-0.39, 0.29) is 0 Å². The smallest absolute Gasteiger partial charge is 0.154 e. The summed E-state index contributed by atoms with van der Waals surface area (Å²) in [6, 6.07) is 7.48. The first-order chi connectivity index (χ1) is 7.59. The van der Waals surface area contributed by atoms with Crippen LogP contribution < -0.4 is 0 Å². The summed E-state index contributed by atoms with van der Waals surface area (Å²) in [6.45, 7) is 0. The van der Waals surface area contributed by atoms with Crippen LogP contribution in [0.3, 0.4) is 0 Å². The van der Waals surface area contributed by atoms with Gasteiger partial charge < -0.3 is 5.11 Å². The summed E-state index contributed by atoms with van der Waals surface area (Å²) < 4.78 is 3.09. The van der Waals surface area contributed by atoms with Crippen LogP contribution in [0.2, 0.25) is 0 Å². The summed E-state index contributed by atoms with van der Waals surface area (Å²) >= 11 is 6.62. The molecule has 0 amide bonds. The molecule has 1 aromatic carbocycles. The van der Waals surface area contributed by atoms with E-state index >= 15 is 0 Å². The first-order valence-electron chi connectivity index (χ1n) is 4.58. The molecule has 0 spiro atoms. The SMILES string of the molecule is Cn1nnc(Br)c1C(O)c1ccc(Br)cc1. The van der Waals surface area contributed by atoms with Gasteiger partial charge >= 0.3 is 0 Å². The van der Waals surface area contributed by atoms with Gasteiger partial charge in [0.15, 0.2) is 4.60 Å². The molecule has 84 valence electrons. The molecule has 1 unspecified atom stereocenters. The van der Waals surface area contributed by atoms with Crippen LogP contribution >= 0.6 is 31.9 Å². The molecule has 1 heterocycles. The quantitative estimate of drug-likeness (QED) is 0.908. The predicted molar refractivity (Wildman–Crippen MR) is 66.9 cm³/mol. The van der Waals surface area contributed by atoms with Crippen molar-refractivity contribution in [3.8, 4) is 0 Å².